The molecule has 0 saturated carbocycles. The summed E-state index contributed by atoms with van der Waals surface area (Å²) in [5, 5.41) is 0. The van der Waals surface area contributed by atoms with Crippen LogP contribution in [-0.2, 0) is 19.6 Å². The number of likely N-dealkylation sites (tertiary alicyclic amines) is 1. The predicted octanol–water partition coefficient (Wildman–Crippen LogP) is 0.396. The lowest BCUT2D eigenvalue weighted by atomic mass is 10.1. The first-order valence-electron chi connectivity index (χ1n) is 11.3. The first-order valence-corrected chi connectivity index (χ1v) is 12.8. The highest BCUT2D eigenvalue weighted by Gasteiger charge is 2.30. The van der Waals surface area contributed by atoms with Crippen molar-refractivity contribution in [1.29, 1.82) is 0 Å². The summed E-state index contributed by atoms with van der Waals surface area (Å²) in [5.41, 5.74) is 1.00. The molecule has 9 nitrogen and oxygen atoms in total. The van der Waals surface area contributed by atoms with E-state index < -0.39 is 10.0 Å². The number of amides is 2. The molecule has 1 aromatic rings. The highest BCUT2D eigenvalue weighted by Crippen LogP contribution is 2.23. The van der Waals surface area contributed by atoms with Gasteiger partial charge >= 0.3 is 0 Å². The van der Waals surface area contributed by atoms with Gasteiger partial charge in [0.1, 0.15) is 0 Å². The van der Waals surface area contributed by atoms with Gasteiger partial charge in [-0.2, -0.15) is 4.31 Å². The smallest absolute Gasteiger partial charge is 0.253 e. The molecule has 32 heavy (non-hydrogen) atoms. The number of morpholine rings is 1. The Hall–Kier alpha value is -2.01. The molecule has 0 N–H and O–H groups in total. The second-order valence-corrected chi connectivity index (χ2v) is 10.6. The molecule has 3 saturated heterocycles. The van der Waals surface area contributed by atoms with Crippen LogP contribution < -0.4 is 0 Å². The molecule has 0 aliphatic carbocycles. The standard InChI is InChI=1S/C22H32N4O5S/c1-18-4-5-19(16-20(18)32(29,30)26-12-14-31-15-13-26)22(28)25-10-8-23(9-11-25)17-21(27)24-6-2-3-7-24/h4-5,16H,2-3,6-15,17H2,1H3. The molecule has 3 aliphatic heterocycles. The fourth-order valence-electron chi connectivity index (χ4n) is 4.49. The number of hydrogen-bond donors (Lipinski definition) is 0. The Balaban J connectivity index is 1.39. The molecule has 0 atom stereocenters. The number of rotatable bonds is 5. The molecule has 0 radical (unpaired) electrons. The number of sulfonamides is 1. The quantitative estimate of drug-likeness (QED) is 0.627. The van der Waals surface area contributed by atoms with Crippen LogP contribution in [0, 0.1) is 6.92 Å². The summed E-state index contributed by atoms with van der Waals surface area (Å²) >= 11 is 0. The maximum absolute atomic E-state index is 13.1. The number of carbonyl (C=O) groups is 2. The van der Waals surface area contributed by atoms with Crippen molar-refractivity contribution in [2.45, 2.75) is 24.7 Å². The number of benzene rings is 1. The van der Waals surface area contributed by atoms with E-state index in [1.54, 1.807) is 24.0 Å². The van der Waals surface area contributed by atoms with Crippen molar-refractivity contribution in [3.8, 4) is 0 Å². The average Bonchev–Trinajstić information content (AvgIpc) is 3.35. The summed E-state index contributed by atoms with van der Waals surface area (Å²) < 4.78 is 32.9. The van der Waals surface area contributed by atoms with Gasteiger partial charge in [0.2, 0.25) is 15.9 Å². The topological polar surface area (TPSA) is 90.5 Å². The Labute approximate surface area is 189 Å². The van der Waals surface area contributed by atoms with E-state index in [2.05, 4.69) is 4.90 Å². The molecule has 3 aliphatic rings. The minimum Gasteiger partial charge on any atom is -0.379 e. The van der Waals surface area contributed by atoms with Crippen LogP contribution in [0.25, 0.3) is 0 Å². The lowest BCUT2D eigenvalue weighted by molar-refractivity contribution is -0.131. The maximum atomic E-state index is 13.1. The second kappa shape index (κ2) is 9.86. The van der Waals surface area contributed by atoms with Crippen LogP contribution in [0.3, 0.4) is 0 Å². The van der Waals surface area contributed by atoms with Crippen molar-refractivity contribution in [2.24, 2.45) is 0 Å². The fraction of sp³-hybridized carbons (Fsp3) is 0.636. The molecule has 2 amide bonds. The third-order valence-electron chi connectivity index (χ3n) is 6.50. The van der Waals surface area contributed by atoms with Crippen LogP contribution in [0.2, 0.25) is 0 Å². The van der Waals surface area contributed by atoms with Crippen LogP contribution in [0.5, 0.6) is 0 Å². The number of nitrogens with zero attached hydrogens (tertiary/aromatic N) is 4. The third-order valence-corrected chi connectivity index (χ3v) is 8.54. The van der Waals surface area contributed by atoms with Crippen molar-refractivity contribution in [3.05, 3.63) is 29.3 Å². The Bertz CT molecular complexity index is 947. The minimum absolute atomic E-state index is 0.166. The minimum atomic E-state index is -3.68. The van der Waals surface area contributed by atoms with E-state index in [0.717, 1.165) is 25.9 Å². The van der Waals surface area contributed by atoms with Gasteiger partial charge in [-0.3, -0.25) is 14.5 Å². The lowest BCUT2D eigenvalue weighted by Crippen LogP contribution is -2.51. The summed E-state index contributed by atoms with van der Waals surface area (Å²) in [6, 6.07) is 4.90. The van der Waals surface area contributed by atoms with Crippen LogP contribution in [0.4, 0.5) is 0 Å². The van der Waals surface area contributed by atoms with Gasteiger partial charge in [0.05, 0.1) is 24.7 Å². The third kappa shape index (κ3) is 4.98. The summed E-state index contributed by atoms with van der Waals surface area (Å²) in [6.07, 6.45) is 2.15. The molecule has 4 rings (SSSR count). The van der Waals surface area contributed by atoms with Crippen molar-refractivity contribution in [2.75, 3.05) is 72.1 Å². The molecule has 0 unspecified atom stereocenters. The zero-order chi connectivity index (χ0) is 22.7. The van der Waals surface area contributed by atoms with Gasteiger partial charge in [-0.15, -0.1) is 0 Å². The summed E-state index contributed by atoms with van der Waals surface area (Å²) in [5.74, 6) is -0.00674. The van der Waals surface area contributed by atoms with Gasteiger partial charge in [-0.25, -0.2) is 8.42 Å². The molecule has 0 aromatic heterocycles. The van der Waals surface area contributed by atoms with Crippen molar-refractivity contribution >= 4 is 21.8 Å². The first-order chi connectivity index (χ1) is 15.4. The molecule has 10 heteroatoms. The highest BCUT2D eigenvalue weighted by atomic mass is 32.2. The predicted molar refractivity (Wildman–Crippen MR) is 119 cm³/mol. The van der Waals surface area contributed by atoms with Gasteiger partial charge in [0.15, 0.2) is 0 Å². The molecule has 0 bridgehead atoms. The molecule has 176 valence electrons. The molecular formula is C22H32N4O5S. The molecule has 1 aromatic carbocycles. The van der Waals surface area contributed by atoms with E-state index in [1.807, 2.05) is 4.90 Å². The Morgan fingerprint density at radius 2 is 1.56 bits per heavy atom. The second-order valence-electron chi connectivity index (χ2n) is 8.65. The first kappa shape index (κ1) is 23.2. The highest BCUT2D eigenvalue weighted by molar-refractivity contribution is 7.89. The van der Waals surface area contributed by atoms with Crippen molar-refractivity contribution in [1.82, 2.24) is 19.0 Å². The van der Waals surface area contributed by atoms with E-state index in [0.29, 0.717) is 70.2 Å². The Morgan fingerprint density at radius 3 is 2.22 bits per heavy atom. The lowest BCUT2D eigenvalue weighted by Gasteiger charge is -2.35. The van der Waals surface area contributed by atoms with E-state index in [-0.39, 0.29) is 16.7 Å². The normalized spacial score (nSPS) is 21.2. The van der Waals surface area contributed by atoms with E-state index in [4.69, 9.17) is 4.74 Å². The summed E-state index contributed by atoms with van der Waals surface area (Å²) in [4.78, 5) is 31.4. The molecule has 0 spiro atoms. The summed E-state index contributed by atoms with van der Waals surface area (Å²) in [7, 11) is -3.68. The molecule has 3 fully saturated rings. The Kier molecular flexibility index (Phi) is 7.14. The van der Waals surface area contributed by atoms with Crippen molar-refractivity contribution in [3.63, 3.8) is 0 Å². The maximum Gasteiger partial charge on any atom is 0.253 e. The number of hydrogen-bond acceptors (Lipinski definition) is 6. The van der Waals surface area contributed by atoms with E-state index in [9.17, 15) is 18.0 Å². The SMILES string of the molecule is Cc1ccc(C(=O)N2CCN(CC(=O)N3CCCC3)CC2)cc1S(=O)(=O)N1CCOCC1. The largest absolute Gasteiger partial charge is 0.379 e. The van der Waals surface area contributed by atoms with Crippen LogP contribution in [-0.4, -0.2) is 111 Å². The molecular weight excluding hydrogens is 432 g/mol. The zero-order valence-electron chi connectivity index (χ0n) is 18.7. The Morgan fingerprint density at radius 1 is 0.906 bits per heavy atom. The van der Waals surface area contributed by atoms with Crippen LogP contribution in [0.15, 0.2) is 23.1 Å². The van der Waals surface area contributed by atoms with Gasteiger partial charge in [0.25, 0.3) is 5.91 Å². The summed E-state index contributed by atoms with van der Waals surface area (Å²) in [6.45, 7) is 7.54. The number of ether oxygens (including phenoxy) is 1. The molecule has 3 heterocycles. The van der Waals surface area contributed by atoms with Crippen molar-refractivity contribution < 1.29 is 22.7 Å². The number of carbonyl (C=O) groups excluding carboxylic acids is 2. The average molecular weight is 465 g/mol. The van der Waals surface area contributed by atoms with Gasteiger partial charge < -0.3 is 14.5 Å². The van der Waals surface area contributed by atoms with Gasteiger partial charge in [-0.1, -0.05) is 6.07 Å². The van der Waals surface area contributed by atoms with E-state index in [1.165, 1.54) is 10.4 Å². The monoisotopic (exact) mass is 464 g/mol. The van der Waals surface area contributed by atoms with Gasteiger partial charge in [-0.05, 0) is 37.5 Å². The number of aryl methyl sites for hydroxylation is 1. The fourth-order valence-corrected chi connectivity index (χ4v) is 6.15. The zero-order valence-corrected chi connectivity index (χ0v) is 19.5. The number of piperazine rings is 1. The van der Waals surface area contributed by atoms with E-state index >= 15 is 0 Å². The van der Waals surface area contributed by atoms with Crippen LogP contribution in [0.1, 0.15) is 28.8 Å². The van der Waals surface area contributed by atoms with Gasteiger partial charge in [0, 0.05) is 57.9 Å². The van der Waals surface area contributed by atoms with Crippen LogP contribution >= 0.6 is 0 Å².